The third kappa shape index (κ3) is 3.45. The van der Waals surface area contributed by atoms with Crippen molar-refractivity contribution in [3.63, 3.8) is 0 Å². The van der Waals surface area contributed by atoms with Crippen molar-refractivity contribution in [2.24, 2.45) is 0 Å². The van der Waals surface area contributed by atoms with Crippen LogP contribution in [0.5, 0.6) is 0 Å². The molecule has 5 nitrogen and oxygen atoms in total. The van der Waals surface area contributed by atoms with Crippen LogP contribution in [0.4, 0.5) is 0 Å². The number of likely N-dealkylation sites (tertiary alicyclic amines) is 1. The molecule has 1 amide bonds. The minimum absolute atomic E-state index is 0.164. The number of rotatable bonds is 4. The van der Waals surface area contributed by atoms with Gasteiger partial charge in [0.15, 0.2) is 0 Å². The number of morpholine rings is 1. The van der Waals surface area contributed by atoms with E-state index >= 15 is 0 Å². The fourth-order valence-corrected chi connectivity index (χ4v) is 4.61. The van der Waals surface area contributed by atoms with Gasteiger partial charge >= 0.3 is 0 Å². The zero-order valence-electron chi connectivity index (χ0n) is 13.4. The van der Waals surface area contributed by atoms with Crippen LogP contribution in [-0.2, 0) is 20.7 Å². The monoisotopic (exact) mass is 336 g/mol. The van der Waals surface area contributed by atoms with Gasteiger partial charge in [0.1, 0.15) is 0 Å². The Labute approximate surface area is 141 Å². The van der Waals surface area contributed by atoms with Crippen LogP contribution in [-0.4, -0.2) is 73.3 Å². The van der Waals surface area contributed by atoms with Crippen LogP contribution in [0.25, 0.3) is 0 Å². The Morgan fingerprint density at radius 1 is 1.30 bits per heavy atom. The van der Waals surface area contributed by atoms with Crippen molar-refractivity contribution in [1.29, 1.82) is 0 Å². The molecule has 0 unspecified atom stereocenters. The summed E-state index contributed by atoms with van der Waals surface area (Å²) >= 11 is 1.65. The summed E-state index contributed by atoms with van der Waals surface area (Å²) in [7, 11) is 0. The van der Waals surface area contributed by atoms with E-state index in [-0.39, 0.29) is 12.0 Å². The molecule has 0 radical (unpaired) electrons. The number of hydrogen-bond acceptors (Lipinski definition) is 5. The Bertz CT molecular complexity index is 530. The van der Waals surface area contributed by atoms with E-state index in [0.717, 1.165) is 50.7 Å². The lowest BCUT2D eigenvalue weighted by atomic mass is 10.1. The standard InChI is InChI=1S/C17H24N2O3S/c20-17(9-14-4-2-8-23-14)19-11-15-16(12-19)22-7-5-18(15)10-13-3-1-6-21-13/h2,4,8,13,15-16H,1,3,5-7,9-12H2/t13-,15-,16+/m1/s1. The Balaban J connectivity index is 1.37. The van der Waals surface area contributed by atoms with Crippen molar-refractivity contribution in [2.45, 2.75) is 37.5 Å². The molecule has 3 aliphatic heterocycles. The van der Waals surface area contributed by atoms with Crippen molar-refractivity contribution in [3.05, 3.63) is 22.4 Å². The van der Waals surface area contributed by atoms with Crippen LogP contribution in [0.15, 0.2) is 17.5 Å². The van der Waals surface area contributed by atoms with Crippen LogP contribution < -0.4 is 0 Å². The van der Waals surface area contributed by atoms with Crippen LogP contribution in [0, 0.1) is 0 Å². The van der Waals surface area contributed by atoms with E-state index in [1.165, 1.54) is 6.42 Å². The molecule has 0 aromatic carbocycles. The van der Waals surface area contributed by atoms with Gasteiger partial charge in [-0.1, -0.05) is 6.07 Å². The summed E-state index contributed by atoms with van der Waals surface area (Å²) in [5.41, 5.74) is 0. The van der Waals surface area contributed by atoms with E-state index in [1.807, 2.05) is 22.4 Å². The third-order valence-corrected chi connectivity index (χ3v) is 6.01. The van der Waals surface area contributed by atoms with Crippen LogP contribution >= 0.6 is 11.3 Å². The molecule has 126 valence electrons. The van der Waals surface area contributed by atoms with Gasteiger partial charge in [-0.25, -0.2) is 0 Å². The van der Waals surface area contributed by atoms with Gasteiger partial charge in [0, 0.05) is 37.7 Å². The predicted molar refractivity (Wildman–Crippen MR) is 88.7 cm³/mol. The van der Waals surface area contributed by atoms with Crippen molar-refractivity contribution in [1.82, 2.24) is 9.80 Å². The lowest BCUT2D eigenvalue weighted by Gasteiger charge is -2.37. The van der Waals surface area contributed by atoms with E-state index in [2.05, 4.69) is 4.90 Å². The van der Waals surface area contributed by atoms with Gasteiger partial charge in [-0.05, 0) is 24.3 Å². The molecule has 0 bridgehead atoms. The topological polar surface area (TPSA) is 42.0 Å². The highest BCUT2D eigenvalue weighted by Crippen LogP contribution is 2.25. The number of thiophene rings is 1. The Kier molecular flexibility index (Phi) is 4.66. The van der Waals surface area contributed by atoms with E-state index in [4.69, 9.17) is 9.47 Å². The fourth-order valence-electron chi connectivity index (χ4n) is 3.91. The highest BCUT2D eigenvalue weighted by atomic mass is 32.1. The third-order valence-electron chi connectivity index (χ3n) is 5.14. The van der Waals surface area contributed by atoms with E-state index in [1.54, 1.807) is 11.3 Å². The van der Waals surface area contributed by atoms with Crippen LogP contribution in [0.1, 0.15) is 17.7 Å². The van der Waals surface area contributed by atoms with Crippen molar-refractivity contribution >= 4 is 17.2 Å². The number of carbonyl (C=O) groups is 1. The Morgan fingerprint density at radius 2 is 2.26 bits per heavy atom. The first-order chi connectivity index (χ1) is 11.3. The van der Waals surface area contributed by atoms with Gasteiger partial charge in [-0.3, -0.25) is 9.69 Å². The number of fused-ring (bicyclic) bond motifs is 1. The number of nitrogens with zero attached hydrogens (tertiary/aromatic N) is 2. The highest BCUT2D eigenvalue weighted by molar-refractivity contribution is 7.10. The number of amides is 1. The minimum Gasteiger partial charge on any atom is -0.377 e. The summed E-state index contributed by atoms with van der Waals surface area (Å²) in [6, 6.07) is 4.37. The lowest BCUT2D eigenvalue weighted by molar-refractivity contribution is -0.129. The van der Waals surface area contributed by atoms with Gasteiger partial charge in [0.25, 0.3) is 0 Å². The quantitative estimate of drug-likeness (QED) is 0.833. The SMILES string of the molecule is O=C(Cc1cccs1)N1C[C@@H]2OCCN(C[C@H]3CCCO3)[C@@H]2C1. The smallest absolute Gasteiger partial charge is 0.227 e. The normalized spacial score (nSPS) is 31.5. The second-order valence-corrected chi connectivity index (χ2v) is 7.69. The van der Waals surface area contributed by atoms with Gasteiger partial charge in [-0.2, -0.15) is 0 Å². The molecule has 0 spiro atoms. The molecule has 1 aromatic heterocycles. The first-order valence-corrected chi connectivity index (χ1v) is 9.45. The predicted octanol–water partition coefficient (Wildman–Crippen LogP) is 1.38. The Hall–Kier alpha value is -0.950. The fraction of sp³-hybridized carbons (Fsp3) is 0.706. The van der Waals surface area contributed by atoms with E-state index in [0.29, 0.717) is 18.6 Å². The first kappa shape index (κ1) is 15.6. The summed E-state index contributed by atoms with van der Waals surface area (Å²) in [5, 5.41) is 2.03. The summed E-state index contributed by atoms with van der Waals surface area (Å²) in [6.45, 7) is 5.12. The minimum atomic E-state index is 0.164. The summed E-state index contributed by atoms with van der Waals surface area (Å²) in [6.07, 6.45) is 3.38. The molecule has 23 heavy (non-hydrogen) atoms. The maximum atomic E-state index is 12.5. The summed E-state index contributed by atoms with van der Waals surface area (Å²) in [5.74, 6) is 0.225. The molecule has 3 fully saturated rings. The first-order valence-electron chi connectivity index (χ1n) is 8.57. The molecule has 4 heterocycles. The zero-order chi connectivity index (χ0) is 15.6. The largest absolute Gasteiger partial charge is 0.377 e. The molecule has 0 saturated carbocycles. The Morgan fingerprint density at radius 3 is 3.04 bits per heavy atom. The van der Waals surface area contributed by atoms with Crippen LogP contribution in [0.3, 0.4) is 0 Å². The second-order valence-electron chi connectivity index (χ2n) is 6.66. The van der Waals surface area contributed by atoms with Crippen molar-refractivity contribution in [3.8, 4) is 0 Å². The molecule has 0 aliphatic carbocycles. The van der Waals surface area contributed by atoms with Gasteiger partial charge in [-0.15, -0.1) is 11.3 Å². The lowest BCUT2D eigenvalue weighted by Crippen LogP contribution is -2.52. The molecule has 3 atom stereocenters. The molecule has 6 heteroatoms. The molecule has 1 aromatic rings. The van der Waals surface area contributed by atoms with Crippen molar-refractivity contribution < 1.29 is 14.3 Å². The number of hydrogen-bond donors (Lipinski definition) is 0. The zero-order valence-corrected chi connectivity index (χ0v) is 14.2. The molecule has 3 saturated heterocycles. The van der Waals surface area contributed by atoms with Crippen molar-refractivity contribution in [2.75, 3.05) is 39.4 Å². The average molecular weight is 336 g/mol. The summed E-state index contributed by atoms with van der Waals surface area (Å²) in [4.78, 5) is 18.2. The number of carbonyl (C=O) groups excluding carboxylic acids is 1. The van der Waals surface area contributed by atoms with Gasteiger partial charge in [0.05, 0.1) is 31.3 Å². The van der Waals surface area contributed by atoms with Gasteiger partial charge in [0.2, 0.25) is 5.91 Å². The second kappa shape index (κ2) is 6.89. The number of ether oxygens (including phenoxy) is 2. The molecule has 3 aliphatic rings. The molecular weight excluding hydrogens is 312 g/mol. The average Bonchev–Trinajstić information content (AvgIpc) is 3.28. The maximum Gasteiger partial charge on any atom is 0.227 e. The maximum absolute atomic E-state index is 12.5. The molecule has 4 rings (SSSR count). The molecular formula is C17H24N2O3S. The van der Waals surface area contributed by atoms with E-state index < -0.39 is 0 Å². The highest BCUT2D eigenvalue weighted by Gasteiger charge is 2.42. The van der Waals surface area contributed by atoms with E-state index in [9.17, 15) is 4.79 Å². The van der Waals surface area contributed by atoms with Gasteiger partial charge < -0.3 is 14.4 Å². The van der Waals surface area contributed by atoms with Crippen LogP contribution in [0.2, 0.25) is 0 Å². The summed E-state index contributed by atoms with van der Waals surface area (Å²) < 4.78 is 11.7. The molecule has 0 N–H and O–H groups in total.